The zero-order valence-corrected chi connectivity index (χ0v) is 12.3. The first-order valence-corrected chi connectivity index (χ1v) is 7.37. The van der Waals surface area contributed by atoms with Crippen LogP contribution in [-0.2, 0) is 0 Å². The van der Waals surface area contributed by atoms with Gasteiger partial charge in [-0.15, -0.1) is 0 Å². The van der Waals surface area contributed by atoms with E-state index in [1.165, 1.54) is 12.8 Å². The molecule has 108 valence electrons. The number of fused-ring (bicyclic) bond motifs is 1. The van der Waals surface area contributed by atoms with E-state index in [-0.39, 0.29) is 5.41 Å². The maximum atomic E-state index is 5.90. The second-order valence-corrected chi connectivity index (χ2v) is 6.25. The van der Waals surface area contributed by atoms with Crippen LogP contribution in [0.3, 0.4) is 0 Å². The lowest BCUT2D eigenvalue weighted by molar-refractivity contribution is 0.170. The Morgan fingerprint density at radius 1 is 1.50 bits per heavy atom. The third-order valence-corrected chi connectivity index (χ3v) is 4.90. The topological polar surface area (TPSA) is 70.8 Å². The molecule has 1 saturated heterocycles. The quantitative estimate of drug-likeness (QED) is 0.899. The first-order valence-electron chi connectivity index (χ1n) is 7.37. The first-order chi connectivity index (χ1) is 9.64. The van der Waals surface area contributed by atoms with Crippen molar-refractivity contribution in [1.82, 2.24) is 15.0 Å². The molecule has 0 bridgehead atoms. The van der Waals surface area contributed by atoms with Gasteiger partial charge in [0.05, 0.1) is 5.39 Å². The fourth-order valence-corrected chi connectivity index (χ4v) is 3.25. The molecular weight excluding hydrogens is 250 g/mol. The number of hydrogen-bond donors (Lipinski definition) is 2. The highest BCUT2D eigenvalue weighted by Gasteiger charge is 2.36. The lowest BCUT2D eigenvalue weighted by Crippen LogP contribution is -2.47. The summed E-state index contributed by atoms with van der Waals surface area (Å²) in [5, 5.41) is 1.11. The van der Waals surface area contributed by atoms with Crippen molar-refractivity contribution >= 4 is 16.9 Å². The molecule has 3 N–H and O–H groups in total. The van der Waals surface area contributed by atoms with E-state index >= 15 is 0 Å². The van der Waals surface area contributed by atoms with E-state index in [0.29, 0.717) is 5.92 Å². The molecule has 0 amide bonds. The van der Waals surface area contributed by atoms with E-state index in [9.17, 15) is 0 Å². The second-order valence-electron chi connectivity index (χ2n) is 6.25. The third-order valence-electron chi connectivity index (χ3n) is 4.90. The summed E-state index contributed by atoms with van der Waals surface area (Å²) in [6.07, 6.45) is 6.00. The molecule has 2 unspecified atom stereocenters. The van der Waals surface area contributed by atoms with Gasteiger partial charge in [-0.25, -0.2) is 9.97 Å². The van der Waals surface area contributed by atoms with Gasteiger partial charge in [0.2, 0.25) is 0 Å². The van der Waals surface area contributed by atoms with Crippen molar-refractivity contribution in [3.05, 3.63) is 18.6 Å². The molecule has 5 nitrogen and oxygen atoms in total. The molecule has 0 spiro atoms. The van der Waals surface area contributed by atoms with Gasteiger partial charge in [-0.3, -0.25) is 0 Å². The molecule has 0 aromatic carbocycles. The predicted octanol–water partition coefficient (Wildman–Crippen LogP) is 2.16. The van der Waals surface area contributed by atoms with Gasteiger partial charge in [-0.05, 0) is 36.8 Å². The van der Waals surface area contributed by atoms with Gasteiger partial charge in [0.1, 0.15) is 17.8 Å². The van der Waals surface area contributed by atoms with Gasteiger partial charge in [-0.2, -0.15) is 0 Å². The Labute approximate surface area is 119 Å². The van der Waals surface area contributed by atoms with Gasteiger partial charge in [-0.1, -0.05) is 13.8 Å². The van der Waals surface area contributed by atoms with Crippen LogP contribution < -0.4 is 10.6 Å². The van der Waals surface area contributed by atoms with Gasteiger partial charge in [0.25, 0.3) is 0 Å². The van der Waals surface area contributed by atoms with E-state index < -0.39 is 0 Å². The standard InChI is InChI=1S/C15H23N5/c1-11(8-16)15(2)5-3-7-20(9-15)14-12-4-6-17-13(12)18-10-19-14/h4,6,10-11H,3,5,7-9,16H2,1-2H3,(H,17,18,19). The number of anilines is 1. The van der Waals surface area contributed by atoms with Crippen molar-refractivity contribution in [2.45, 2.75) is 26.7 Å². The Hall–Kier alpha value is -1.62. The van der Waals surface area contributed by atoms with Crippen LogP contribution in [0, 0.1) is 11.3 Å². The lowest BCUT2D eigenvalue weighted by atomic mass is 9.72. The van der Waals surface area contributed by atoms with Gasteiger partial charge >= 0.3 is 0 Å². The number of nitrogens with two attached hydrogens (primary N) is 1. The van der Waals surface area contributed by atoms with Crippen LogP contribution in [0.2, 0.25) is 0 Å². The maximum absolute atomic E-state index is 5.90. The number of aromatic amines is 1. The summed E-state index contributed by atoms with van der Waals surface area (Å²) in [5.74, 6) is 1.57. The summed E-state index contributed by atoms with van der Waals surface area (Å²) in [4.78, 5) is 14.3. The molecule has 0 saturated carbocycles. The number of nitrogens with zero attached hydrogens (tertiary/aromatic N) is 3. The summed E-state index contributed by atoms with van der Waals surface area (Å²) >= 11 is 0. The lowest BCUT2D eigenvalue weighted by Gasteiger charge is -2.44. The minimum Gasteiger partial charge on any atom is -0.355 e. The summed E-state index contributed by atoms with van der Waals surface area (Å²) in [7, 11) is 0. The van der Waals surface area contributed by atoms with E-state index in [4.69, 9.17) is 5.73 Å². The number of nitrogens with one attached hydrogen (secondary N) is 1. The average molecular weight is 273 g/mol. The molecule has 5 heteroatoms. The van der Waals surface area contributed by atoms with Crippen molar-refractivity contribution in [2.24, 2.45) is 17.1 Å². The first kappa shape index (κ1) is 13.4. The molecule has 0 radical (unpaired) electrons. The minimum atomic E-state index is 0.264. The summed E-state index contributed by atoms with van der Waals surface area (Å²) in [6.45, 7) is 7.43. The van der Waals surface area contributed by atoms with Crippen molar-refractivity contribution in [3.63, 3.8) is 0 Å². The Bertz CT molecular complexity index is 593. The Morgan fingerprint density at radius 2 is 2.35 bits per heavy atom. The van der Waals surface area contributed by atoms with E-state index in [1.807, 2.05) is 6.20 Å². The van der Waals surface area contributed by atoms with Crippen molar-refractivity contribution in [1.29, 1.82) is 0 Å². The third kappa shape index (κ3) is 2.16. The fraction of sp³-hybridized carbons (Fsp3) is 0.600. The molecule has 2 atom stereocenters. The predicted molar refractivity (Wildman–Crippen MR) is 81.7 cm³/mol. The van der Waals surface area contributed by atoms with E-state index in [0.717, 1.165) is 36.5 Å². The Kier molecular flexibility index (Phi) is 3.38. The largest absolute Gasteiger partial charge is 0.355 e. The molecule has 2 aromatic heterocycles. The number of piperidine rings is 1. The Balaban J connectivity index is 1.92. The highest BCUT2D eigenvalue weighted by atomic mass is 15.2. The smallest absolute Gasteiger partial charge is 0.142 e. The second kappa shape index (κ2) is 5.05. The van der Waals surface area contributed by atoms with Crippen LogP contribution >= 0.6 is 0 Å². The number of rotatable bonds is 3. The van der Waals surface area contributed by atoms with Crippen LogP contribution in [0.15, 0.2) is 18.6 Å². The maximum Gasteiger partial charge on any atom is 0.142 e. The number of aromatic nitrogens is 3. The number of hydrogen-bond acceptors (Lipinski definition) is 4. The summed E-state index contributed by atoms with van der Waals surface area (Å²) in [5.41, 5.74) is 7.07. The van der Waals surface area contributed by atoms with Crippen LogP contribution in [0.1, 0.15) is 26.7 Å². The highest BCUT2D eigenvalue weighted by molar-refractivity contribution is 5.87. The molecule has 3 heterocycles. The zero-order chi connectivity index (χ0) is 14.2. The number of H-pyrrole nitrogens is 1. The fourth-order valence-electron chi connectivity index (χ4n) is 3.25. The minimum absolute atomic E-state index is 0.264. The molecule has 1 fully saturated rings. The monoisotopic (exact) mass is 273 g/mol. The van der Waals surface area contributed by atoms with Gasteiger partial charge in [0, 0.05) is 19.3 Å². The molecule has 1 aliphatic heterocycles. The van der Waals surface area contributed by atoms with Crippen LogP contribution in [0.5, 0.6) is 0 Å². The van der Waals surface area contributed by atoms with Gasteiger partial charge < -0.3 is 15.6 Å². The summed E-state index contributed by atoms with van der Waals surface area (Å²) in [6, 6.07) is 2.06. The summed E-state index contributed by atoms with van der Waals surface area (Å²) < 4.78 is 0. The SMILES string of the molecule is CC(CN)C1(C)CCCN(c2ncnc3[nH]ccc23)C1. The molecule has 0 aliphatic carbocycles. The van der Waals surface area contributed by atoms with Crippen molar-refractivity contribution < 1.29 is 0 Å². The molecule has 1 aliphatic rings. The van der Waals surface area contributed by atoms with Crippen molar-refractivity contribution in [2.75, 3.05) is 24.5 Å². The molecule has 3 rings (SSSR count). The zero-order valence-electron chi connectivity index (χ0n) is 12.3. The van der Waals surface area contributed by atoms with Crippen molar-refractivity contribution in [3.8, 4) is 0 Å². The van der Waals surface area contributed by atoms with E-state index in [1.54, 1.807) is 6.33 Å². The van der Waals surface area contributed by atoms with E-state index in [2.05, 4.69) is 39.8 Å². The van der Waals surface area contributed by atoms with Crippen LogP contribution in [0.4, 0.5) is 5.82 Å². The highest BCUT2D eigenvalue weighted by Crippen LogP contribution is 2.38. The van der Waals surface area contributed by atoms with Crippen LogP contribution in [-0.4, -0.2) is 34.6 Å². The average Bonchev–Trinajstić information content (AvgIpc) is 2.94. The molecule has 2 aromatic rings. The Morgan fingerprint density at radius 3 is 3.15 bits per heavy atom. The molecule has 20 heavy (non-hydrogen) atoms. The molecular formula is C15H23N5. The van der Waals surface area contributed by atoms with Crippen LogP contribution in [0.25, 0.3) is 11.0 Å². The van der Waals surface area contributed by atoms with Gasteiger partial charge in [0.15, 0.2) is 0 Å². The normalized spacial score (nSPS) is 25.1.